The van der Waals surface area contributed by atoms with Crippen molar-refractivity contribution in [2.45, 2.75) is 51.1 Å². The monoisotopic (exact) mass is 404 g/mol. The molecule has 1 aliphatic carbocycles. The zero-order valence-electron chi connectivity index (χ0n) is 16.4. The largest absolute Gasteiger partial charge is 0.349 e. The highest BCUT2D eigenvalue weighted by atomic mass is 16.5. The third kappa shape index (κ3) is 5.70. The molecule has 10 heteroatoms. The van der Waals surface area contributed by atoms with Gasteiger partial charge < -0.3 is 5.32 Å². The third-order valence-electron chi connectivity index (χ3n) is 5.61. The molecule has 0 aromatic carbocycles. The van der Waals surface area contributed by atoms with E-state index in [9.17, 15) is 19.6 Å². The van der Waals surface area contributed by atoms with Gasteiger partial charge in [-0.15, -0.1) is 0 Å². The van der Waals surface area contributed by atoms with Crippen molar-refractivity contribution in [2.75, 3.05) is 13.1 Å². The number of nitrogens with zero attached hydrogens (tertiary/aromatic N) is 4. The van der Waals surface area contributed by atoms with Crippen LogP contribution < -0.4 is 10.7 Å². The Balaban J connectivity index is 1.63. The fraction of sp³-hybridized carbons (Fsp3) is 0.632. The normalized spacial score (nSPS) is 20.4. The van der Waals surface area contributed by atoms with Crippen molar-refractivity contribution < 1.29 is 19.6 Å². The molecule has 2 fully saturated rings. The Morgan fingerprint density at radius 2 is 2.17 bits per heavy atom. The van der Waals surface area contributed by atoms with E-state index in [0.29, 0.717) is 42.5 Å². The Kier molecular flexibility index (Phi) is 7.48. The molecule has 2 aliphatic rings. The lowest BCUT2D eigenvalue weighted by molar-refractivity contribution is -0.159. The summed E-state index contributed by atoms with van der Waals surface area (Å²) in [5.41, 5.74) is 3.67. The van der Waals surface area contributed by atoms with Crippen LogP contribution in [0.1, 0.15) is 44.2 Å². The molecular weight excluding hydrogens is 376 g/mol. The molecule has 158 valence electrons. The van der Waals surface area contributed by atoms with Gasteiger partial charge in [0, 0.05) is 12.7 Å². The number of hydrogen-bond acceptors (Lipinski definition) is 7. The van der Waals surface area contributed by atoms with Crippen molar-refractivity contribution >= 4 is 18.2 Å². The minimum atomic E-state index is -0.640. The number of hydrazine groups is 1. The van der Waals surface area contributed by atoms with Crippen LogP contribution in [0.15, 0.2) is 18.6 Å². The number of hydrogen-bond donors (Lipinski definition) is 3. The van der Waals surface area contributed by atoms with Crippen LogP contribution in [0.5, 0.6) is 0 Å². The molecule has 0 radical (unpaired) electrons. The molecule has 1 aliphatic heterocycles. The van der Waals surface area contributed by atoms with Crippen molar-refractivity contribution in [2.24, 2.45) is 11.8 Å². The van der Waals surface area contributed by atoms with Gasteiger partial charge in [0.15, 0.2) is 0 Å². The maximum absolute atomic E-state index is 13.2. The molecule has 3 N–H and O–H groups in total. The first-order chi connectivity index (χ1) is 14.1. The van der Waals surface area contributed by atoms with Crippen LogP contribution in [-0.4, -0.2) is 62.6 Å². The molecule has 1 aromatic rings. The summed E-state index contributed by atoms with van der Waals surface area (Å²) in [5, 5.41) is 14.4. The number of aromatic nitrogens is 2. The second-order valence-electron chi connectivity index (χ2n) is 7.65. The highest BCUT2D eigenvalue weighted by molar-refractivity contribution is 5.88. The Labute approximate surface area is 169 Å². The second kappa shape index (κ2) is 10.3. The van der Waals surface area contributed by atoms with E-state index in [2.05, 4.69) is 20.7 Å². The summed E-state index contributed by atoms with van der Waals surface area (Å²) < 4.78 is 0. The smallest absolute Gasteiger partial charge is 0.244 e. The van der Waals surface area contributed by atoms with Crippen LogP contribution in [0, 0.1) is 11.8 Å². The van der Waals surface area contributed by atoms with Crippen LogP contribution in [0.3, 0.4) is 0 Å². The van der Waals surface area contributed by atoms with E-state index in [1.54, 1.807) is 12.3 Å². The maximum atomic E-state index is 13.2. The van der Waals surface area contributed by atoms with Crippen molar-refractivity contribution in [1.82, 2.24) is 30.8 Å². The quantitative estimate of drug-likeness (QED) is 0.306. The lowest BCUT2D eigenvalue weighted by Gasteiger charge is -2.29. The predicted molar refractivity (Wildman–Crippen MR) is 102 cm³/mol. The van der Waals surface area contributed by atoms with Crippen LogP contribution in [0.4, 0.5) is 0 Å². The maximum Gasteiger partial charge on any atom is 0.244 e. The highest BCUT2D eigenvalue weighted by Crippen LogP contribution is 2.31. The molecule has 2 heterocycles. The van der Waals surface area contributed by atoms with Gasteiger partial charge in [0.1, 0.15) is 12.4 Å². The summed E-state index contributed by atoms with van der Waals surface area (Å²) >= 11 is 0. The van der Waals surface area contributed by atoms with Gasteiger partial charge in [-0.05, 0) is 24.8 Å². The lowest BCUT2D eigenvalue weighted by Crippen LogP contribution is -2.53. The van der Waals surface area contributed by atoms with Crippen molar-refractivity contribution in [1.29, 1.82) is 0 Å². The molecule has 1 saturated carbocycles. The van der Waals surface area contributed by atoms with Gasteiger partial charge in [-0.25, -0.2) is 20.5 Å². The topological polar surface area (TPSA) is 128 Å². The molecule has 0 spiro atoms. The van der Waals surface area contributed by atoms with Crippen LogP contribution in [0.25, 0.3) is 0 Å². The van der Waals surface area contributed by atoms with Crippen LogP contribution in [0.2, 0.25) is 0 Å². The summed E-state index contributed by atoms with van der Waals surface area (Å²) in [6.45, 7) is 0.678. The van der Waals surface area contributed by atoms with Crippen LogP contribution in [-0.2, 0) is 20.9 Å². The molecule has 1 unspecified atom stereocenters. The van der Waals surface area contributed by atoms with Crippen molar-refractivity contribution in [3.05, 3.63) is 24.3 Å². The minimum Gasteiger partial charge on any atom is -0.349 e. The van der Waals surface area contributed by atoms with E-state index in [1.165, 1.54) is 11.3 Å². The zero-order valence-corrected chi connectivity index (χ0v) is 16.4. The van der Waals surface area contributed by atoms with Gasteiger partial charge in [-0.2, -0.15) is 0 Å². The number of amides is 3. The number of hydroxylamine groups is 2. The molecular formula is C19H28N6O4. The molecule has 2 atom stereocenters. The first-order valence-electron chi connectivity index (χ1n) is 10.1. The standard InChI is InChI=1S/C19H28N6O4/c26-13-24(29)11-15(9-14-3-1-2-4-14)19(28)25-17(6-8-23-25)18(27)21-10-16-5-7-20-12-22-16/h5,7,12-15,17,23,29H,1-4,6,8-11H2,(H,21,27)/t15?,17-/m0/s1. The SMILES string of the molecule is O=CN(O)CC(CC1CCCC1)C(=O)N1NCC[C@H]1C(=O)NCc1ccncn1. The number of carbonyl (C=O) groups excluding carboxylic acids is 3. The average Bonchev–Trinajstić information content (AvgIpc) is 3.43. The van der Waals surface area contributed by atoms with Crippen molar-refractivity contribution in [3.8, 4) is 0 Å². The minimum absolute atomic E-state index is 0.0771. The fourth-order valence-corrected chi connectivity index (χ4v) is 4.13. The first kappa shape index (κ1) is 21.1. The Bertz CT molecular complexity index is 697. The van der Waals surface area contributed by atoms with E-state index >= 15 is 0 Å². The van der Waals surface area contributed by atoms with E-state index in [0.717, 1.165) is 25.7 Å². The molecule has 3 amide bonds. The van der Waals surface area contributed by atoms with Gasteiger partial charge in [0.25, 0.3) is 0 Å². The molecule has 0 bridgehead atoms. The van der Waals surface area contributed by atoms with Gasteiger partial charge in [-0.1, -0.05) is 25.7 Å². The molecule has 3 rings (SSSR count). The van der Waals surface area contributed by atoms with E-state index in [1.807, 2.05) is 0 Å². The lowest BCUT2D eigenvalue weighted by atomic mass is 9.92. The zero-order chi connectivity index (χ0) is 20.6. The summed E-state index contributed by atoms with van der Waals surface area (Å²) in [6.07, 6.45) is 8.78. The summed E-state index contributed by atoms with van der Waals surface area (Å²) in [7, 11) is 0. The van der Waals surface area contributed by atoms with Crippen molar-refractivity contribution in [3.63, 3.8) is 0 Å². The Morgan fingerprint density at radius 3 is 2.86 bits per heavy atom. The molecule has 1 saturated heterocycles. The van der Waals surface area contributed by atoms with Gasteiger partial charge in [-0.3, -0.25) is 24.6 Å². The van der Waals surface area contributed by atoms with E-state index in [4.69, 9.17) is 0 Å². The van der Waals surface area contributed by atoms with Gasteiger partial charge in [0.05, 0.1) is 24.7 Å². The second-order valence-corrected chi connectivity index (χ2v) is 7.65. The van der Waals surface area contributed by atoms with Gasteiger partial charge in [0.2, 0.25) is 18.2 Å². The Hall–Kier alpha value is -2.59. The first-order valence-corrected chi connectivity index (χ1v) is 10.1. The van der Waals surface area contributed by atoms with E-state index in [-0.39, 0.29) is 24.9 Å². The number of carbonyl (C=O) groups is 3. The predicted octanol–water partition coefficient (Wildman–Crippen LogP) is 0.242. The fourth-order valence-electron chi connectivity index (χ4n) is 4.13. The molecule has 29 heavy (non-hydrogen) atoms. The summed E-state index contributed by atoms with van der Waals surface area (Å²) in [5.74, 6) is -0.692. The number of nitrogens with one attached hydrogen (secondary N) is 2. The molecule has 10 nitrogen and oxygen atoms in total. The number of rotatable bonds is 9. The third-order valence-corrected chi connectivity index (χ3v) is 5.61. The molecule has 1 aromatic heterocycles. The Morgan fingerprint density at radius 1 is 1.38 bits per heavy atom. The summed E-state index contributed by atoms with van der Waals surface area (Å²) in [4.78, 5) is 44.6. The average molecular weight is 404 g/mol. The van der Waals surface area contributed by atoms with Crippen LogP contribution >= 0.6 is 0 Å². The summed E-state index contributed by atoms with van der Waals surface area (Å²) in [6, 6.07) is 1.07. The van der Waals surface area contributed by atoms with Gasteiger partial charge >= 0.3 is 0 Å². The highest BCUT2D eigenvalue weighted by Gasteiger charge is 2.38. The van der Waals surface area contributed by atoms with E-state index < -0.39 is 12.0 Å².